The summed E-state index contributed by atoms with van der Waals surface area (Å²) in [6, 6.07) is 6.31. The molecule has 0 atom stereocenters. The van der Waals surface area contributed by atoms with Crippen molar-refractivity contribution in [3.63, 3.8) is 0 Å². The fourth-order valence-corrected chi connectivity index (χ4v) is 3.85. The Morgan fingerprint density at radius 1 is 0.774 bits per heavy atom. The second-order valence-electron chi connectivity index (χ2n) is 8.46. The molecule has 6 heteroatoms. The number of unbranched alkanes of at least 4 members (excludes halogenated alkanes) is 2. The SMILES string of the molecule is CCCCn1cc[n+](Cc2nc3ccc(C)cc3nc2C[n+]2ccn(CCCC)c2)c1. The Morgan fingerprint density at radius 2 is 1.32 bits per heavy atom. The average Bonchev–Trinajstić information content (AvgIpc) is 3.40. The second-order valence-corrected chi connectivity index (χ2v) is 8.46. The van der Waals surface area contributed by atoms with Gasteiger partial charge in [0, 0.05) is 0 Å². The van der Waals surface area contributed by atoms with Crippen LogP contribution in [0.1, 0.15) is 56.5 Å². The summed E-state index contributed by atoms with van der Waals surface area (Å²) in [6.45, 7) is 10.1. The van der Waals surface area contributed by atoms with Gasteiger partial charge < -0.3 is 0 Å². The lowest BCUT2D eigenvalue weighted by molar-refractivity contribution is -0.693. The highest BCUT2D eigenvalue weighted by atomic mass is 15.1. The van der Waals surface area contributed by atoms with Crippen molar-refractivity contribution < 1.29 is 9.13 Å². The van der Waals surface area contributed by atoms with Gasteiger partial charge in [0.15, 0.2) is 0 Å². The quantitative estimate of drug-likeness (QED) is 0.368. The number of fused-ring (bicyclic) bond motifs is 1. The van der Waals surface area contributed by atoms with Crippen LogP contribution in [-0.2, 0) is 26.2 Å². The van der Waals surface area contributed by atoms with E-state index in [1.165, 1.54) is 31.2 Å². The average molecular weight is 419 g/mol. The van der Waals surface area contributed by atoms with E-state index < -0.39 is 0 Å². The van der Waals surface area contributed by atoms with Gasteiger partial charge in [-0.15, -0.1) is 0 Å². The molecule has 0 amide bonds. The zero-order chi connectivity index (χ0) is 21.6. The Morgan fingerprint density at radius 3 is 1.87 bits per heavy atom. The number of aryl methyl sites for hydroxylation is 3. The lowest BCUT2D eigenvalue weighted by atomic mass is 10.2. The van der Waals surface area contributed by atoms with Crippen LogP contribution in [0, 0.1) is 6.92 Å². The summed E-state index contributed by atoms with van der Waals surface area (Å²) in [6.07, 6.45) is 17.7. The van der Waals surface area contributed by atoms with E-state index in [9.17, 15) is 0 Å². The summed E-state index contributed by atoms with van der Waals surface area (Å²) in [4.78, 5) is 10.1. The van der Waals surface area contributed by atoms with Crippen molar-refractivity contribution in [2.45, 2.75) is 72.6 Å². The number of nitrogens with zero attached hydrogens (tertiary/aromatic N) is 6. The Kier molecular flexibility index (Phi) is 6.75. The number of hydrogen-bond donors (Lipinski definition) is 0. The van der Waals surface area contributed by atoms with Crippen molar-refractivity contribution in [3.8, 4) is 0 Å². The van der Waals surface area contributed by atoms with Gasteiger partial charge in [-0.25, -0.2) is 28.2 Å². The van der Waals surface area contributed by atoms with E-state index in [0.29, 0.717) is 0 Å². The Labute approximate surface area is 184 Å². The number of imidazole rings is 2. The minimum absolute atomic E-state index is 0.725. The summed E-state index contributed by atoms with van der Waals surface area (Å²) in [5.41, 5.74) is 5.20. The molecule has 0 bridgehead atoms. The molecule has 4 rings (SSSR count). The molecule has 31 heavy (non-hydrogen) atoms. The molecule has 162 valence electrons. The van der Waals surface area contributed by atoms with Gasteiger partial charge in [-0.1, -0.05) is 32.8 Å². The van der Waals surface area contributed by atoms with Crippen molar-refractivity contribution in [1.29, 1.82) is 0 Å². The zero-order valence-electron chi connectivity index (χ0n) is 19.0. The van der Waals surface area contributed by atoms with Gasteiger partial charge in [0.2, 0.25) is 12.7 Å². The highest BCUT2D eigenvalue weighted by Gasteiger charge is 2.16. The monoisotopic (exact) mass is 418 g/mol. The first-order valence-electron chi connectivity index (χ1n) is 11.5. The molecule has 4 aromatic rings. The third-order valence-corrected chi connectivity index (χ3v) is 5.67. The normalized spacial score (nSPS) is 11.5. The van der Waals surface area contributed by atoms with Crippen LogP contribution >= 0.6 is 0 Å². The molecular weight excluding hydrogens is 384 g/mol. The van der Waals surface area contributed by atoms with Gasteiger partial charge in [-0.3, -0.25) is 0 Å². The molecule has 0 spiro atoms. The lowest BCUT2D eigenvalue weighted by Crippen LogP contribution is -2.36. The van der Waals surface area contributed by atoms with Crippen LogP contribution in [0.2, 0.25) is 0 Å². The molecular formula is C25H34N6+2. The standard InChI is InChI=1S/C25H34N6/c1-4-6-10-28-12-14-30(19-28)17-24-25(18-31-15-13-29(20-31)11-7-5-2)27-23-16-21(3)8-9-22(23)26-24/h8-9,12-16,19-20H,4-7,10-11,17-18H2,1-3H3/q+2. The first-order valence-corrected chi connectivity index (χ1v) is 11.5. The van der Waals surface area contributed by atoms with Gasteiger partial charge in [-0.2, -0.15) is 0 Å². The summed E-state index contributed by atoms with van der Waals surface area (Å²) >= 11 is 0. The second kappa shape index (κ2) is 9.86. The van der Waals surface area contributed by atoms with Crippen molar-refractivity contribution in [2.24, 2.45) is 0 Å². The lowest BCUT2D eigenvalue weighted by Gasteiger charge is -2.08. The third kappa shape index (κ3) is 5.37. The topological polar surface area (TPSA) is 43.4 Å². The predicted octanol–water partition coefficient (Wildman–Crippen LogP) is 3.81. The van der Waals surface area contributed by atoms with Gasteiger partial charge in [0.05, 0.1) is 24.1 Å². The van der Waals surface area contributed by atoms with E-state index >= 15 is 0 Å². The number of hydrogen-bond acceptors (Lipinski definition) is 2. The van der Waals surface area contributed by atoms with Crippen LogP contribution in [0.5, 0.6) is 0 Å². The molecule has 0 unspecified atom stereocenters. The van der Waals surface area contributed by atoms with Crippen molar-refractivity contribution in [2.75, 3.05) is 0 Å². The fraction of sp³-hybridized carbons (Fsp3) is 0.440. The molecule has 3 aromatic heterocycles. The molecule has 0 fully saturated rings. The molecule has 0 radical (unpaired) electrons. The maximum absolute atomic E-state index is 5.04. The van der Waals surface area contributed by atoms with Gasteiger partial charge >= 0.3 is 0 Å². The smallest absolute Gasteiger partial charge is 0.244 e. The van der Waals surface area contributed by atoms with E-state index in [1.54, 1.807) is 0 Å². The van der Waals surface area contributed by atoms with E-state index in [2.05, 4.69) is 94.7 Å². The Hall–Kier alpha value is -3.02. The molecule has 0 aliphatic rings. The van der Waals surface area contributed by atoms with E-state index in [1.807, 2.05) is 0 Å². The first kappa shape index (κ1) is 21.2. The molecule has 0 N–H and O–H groups in total. The highest BCUT2D eigenvalue weighted by Crippen LogP contribution is 2.15. The zero-order valence-corrected chi connectivity index (χ0v) is 19.0. The van der Waals surface area contributed by atoms with Crippen LogP contribution < -0.4 is 9.13 Å². The van der Waals surface area contributed by atoms with Crippen molar-refractivity contribution in [1.82, 2.24) is 19.1 Å². The fourth-order valence-electron chi connectivity index (χ4n) is 3.85. The number of aromatic nitrogens is 6. The minimum Gasteiger partial charge on any atom is -0.245 e. The Balaban J connectivity index is 1.63. The van der Waals surface area contributed by atoms with E-state index in [-0.39, 0.29) is 0 Å². The van der Waals surface area contributed by atoms with E-state index in [4.69, 9.17) is 9.97 Å². The predicted molar refractivity (Wildman–Crippen MR) is 122 cm³/mol. The van der Waals surface area contributed by atoms with Crippen LogP contribution in [0.15, 0.2) is 55.6 Å². The molecule has 3 heterocycles. The van der Waals surface area contributed by atoms with Crippen LogP contribution in [0.25, 0.3) is 11.0 Å². The molecule has 0 aliphatic carbocycles. The molecule has 0 saturated carbocycles. The number of rotatable bonds is 10. The first-order chi connectivity index (χ1) is 15.1. The summed E-state index contributed by atoms with van der Waals surface area (Å²) in [7, 11) is 0. The van der Waals surface area contributed by atoms with Gasteiger partial charge in [-0.05, 0) is 37.5 Å². The van der Waals surface area contributed by atoms with Crippen LogP contribution in [0.3, 0.4) is 0 Å². The Bertz CT molecular complexity index is 1140. The maximum Gasteiger partial charge on any atom is 0.244 e. The maximum atomic E-state index is 5.04. The molecule has 0 aliphatic heterocycles. The van der Waals surface area contributed by atoms with E-state index in [0.717, 1.165) is 48.6 Å². The third-order valence-electron chi connectivity index (χ3n) is 5.67. The van der Waals surface area contributed by atoms with Crippen molar-refractivity contribution in [3.05, 3.63) is 72.6 Å². The summed E-state index contributed by atoms with van der Waals surface area (Å²) < 4.78 is 8.93. The highest BCUT2D eigenvalue weighted by molar-refractivity contribution is 5.75. The molecule has 1 aromatic carbocycles. The minimum atomic E-state index is 0.725. The summed E-state index contributed by atoms with van der Waals surface area (Å²) in [5, 5.41) is 0. The molecule has 0 saturated heterocycles. The largest absolute Gasteiger partial charge is 0.245 e. The summed E-state index contributed by atoms with van der Waals surface area (Å²) in [5.74, 6) is 0. The van der Waals surface area contributed by atoms with Crippen LogP contribution in [-0.4, -0.2) is 19.1 Å². The van der Waals surface area contributed by atoms with Crippen LogP contribution in [0.4, 0.5) is 0 Å². The number of benzene rings is 1. The van der Waals surface area contributed by atoms with Crippen molar-refractivity contribution >= 4 is 11.0 Å². The molecule has 6 nitrogen and oxygen atoms in total. The van der Waals surface area contributed by atoms with Gasteiger partial charge in [0.25, 0.3) is 0 Å². The van der Waals surface area contributed by atoms with Gasteiger partial charge in [0.1, 0.15) is 49.3 Å².